The number of nitrogens with two attached hydrogens (primary N) is 1. The first kappa shape index (κ1) is 14.5. The summed E-state index contributed by atoms with van der Waals surface area (Å²) in [6.07, 6.45) is 1.11. The van der Waals surface area contributed by atoms with Crippen molar-refractivity contribution in [2.24, 2.45) is 11.1 Å². The van der Waals surface area contributed by atoms with Crippen molar-refractivity contribution in [3.8, 4) is 0 Å². The van der Waals surface area contributed by atoms with Crippen LogP contribution in [0.4, 0.5) is 0 Å². The molecule has 0 saturated carbocycles. The Hall–Kier alpha value is -0.860. The van der Waals surface area contributed by atoms with E-state index in [1.165, 1.54) is 11.1 Å². The van der Waals surface area contributed by atoms with Gasteiger partial charge in [-0.1, -0.05) is 52.0 Å². The summed E-state index contributed by atoms with van der Waals surface area (Å²) in [7, 11) is 0. The molecule has 2 N–H and O–H groups in total. The molecular weight excluding hydrogens is 232 g/mol. The second-order valence-corrected chi connectivity index (χ2v) is 6.99. The monoisotopic (exact) mass is 260 g/mol. The van der Waals surface area contributed by atoms with E-state index in [2.05, 4.69) is 56.9 Å². The molecule has 1 aromatic rings. The van der Waals surface area contributed by atoms with Crippen molar-refractivity contribution in [1.82, 2.24) is 4.90 Å². The number of nitrogens with zero attached hydrogens (tertiary/aromatic N) is 1. The minimum Gasteiger partial charge on any atom is -0.327 e. The fourth-order valence-corrected chi connectivity index (χ4v) is 2.89. The highest BCUT2D eigenvalue weighted by atomic mass is 15.1. The van der Waals surface area contributed by atoms with Gasteiger partial charge >= 0.3 is 0 Å². The Morgan fingerprint density at radius 1 is 1.26 bits per heavy atom. The Bertz CT molecular complexity index is 406. The maximum atomic E-state index is 6.19. The van der Waals surface area contributed by atoms with E-state index in [0.29, 0.717) is 12.0 Å². The average molecular weight is 260 g/mol. The van der Waals surface area contributed by atoms with Gasteiger partial charge in [0.2, 0.25) is 0 Å². The van der Waals surface area contributed by atoms with E-state index >= 15 is 0 Å². The first-order chi connectivity index (χ1) is 8.88. The molecule has 1 aliphatic heterocycles. The Kier molecular flexibility index (Phi) is 4.32. The lowest BCUT2D eigenvalue weighted by Gasteiger charge is -2.42. The van der Waals surface area contributed by atoms with E-state index in [9.17, 15) is 0 Å². The fourth-order valence-electron chi connectivity index (χ4n) is 2.89. The third kappa shape index (κ3) is 3.58. The highest BCUT2D eigenvalue weighted by Crippen LogP contribution is 2.28. The van der Waals surface area contributed by atoms with Crippen molar-refractivity contribution in [2.75, 3.05) is 13.1 Å². The minimum absolute atomic E-state index is 0.232. The number of benzene rings is 1. The van der Waals surface area contributed by atoms with Crippen LogP contribution in [0.25, 0.3) is 0 Å². The number of piperidine rings is 1. The Balaban J connectivity index is 1.98. The van der Waals surface area contributed by atoms with Crippen molar-refractivity contribution >= 4 is 0 Å². The Morgan fingerprint density at radius 3 is 2.42 bits per heavy atom. The fraction of sp³-hybridized carbons (Fsp3) is 0.647. The van der Waals surface area contributed by atoms with E-state index in [1.54, 1.807) is 0 Å². The summed E-state index contributed by atoms with van der Waals surface area (Å²) >= 11 is 0. The zero-order chi connectivity index (χ0) is 14.0. The first-order valence-corrected chi connectivity index (χ1v) is 7.45. The van der Waals surface area contributed by atoms with Crippen LogP contribution in [0.5, 0.6) is 0 Å². The Labute approximate surface area is 118 Å². The number of rotatable bonds is 3. The predicted molar refractivity (Wildman–Crippen MR) is 82.2 cm³/mol. The van der Waals surface area contributed by atoms with Crippen molar-refractivity contribution in [2.45, 2.75) is 52.6 Å². The van der Waals surface area contributed by atoms with Crippen LogP contribution >= 0.6 is 0 Å². The summed E-state index contributed by atoms with van der Waals surface area (Å²) in [5, 5.41) is 0. The molecule has 2 heteroatoms. The number of hydrogen-bond donors (Lipinski definition) is 1. The van der Waals surface area contributed by atoms with Gasteiger partial charge in [0.05, 0.1) is 0 Å². The molecule has 0 aromatic heterocycles. The SMILES string of the molecule is CC(C)c1ccc(CN2CCC(N)C(C)(C)C2)cc1. The molecule has 0 bridgehead atoms. The van der Waals surface area contributed by atoms with Gasteiger partial charge in [0.1, 0.15) is 0 Å². The topological polar surface area (TPSA) is 29.3 Å². The van der Waals surface area contributed by atoms with Gasteiger partial charge < -0.3 is 5.73 Å². The van der Waals surface area contributed by atoms with Gasteiger partial charge in [-0.05, 0) is 28.9 Å². The molecule has 1 aromatic carbocycles. The standard InChI is InChI=1S/C17H28N2/c1-13(2)15-7-5-14(6-8-15)11-19-10-9-16(18)17(3,4)12-19/h5-8,13,16H,9-12,18H2,1-4H3. The largest absolute Gasteiger partial charge is 0.327 e. The maximum Gasteiger partial charge on any atom is 0.0233 e. The van der Waals surface area contributed by atoms with Crippen LogP contribution in [-0.2, 0) is 6.54 Å². The summed E-state index contributed by atoms with van der Waals surface area (Å²) in [4.78, 5) is 2.54. The van der Waals surface area contributed by atoms with E-state index in [1.807, 2.05) is 0 Å². The summed E-state index contributed by atoms with van der Waals surface area (Å²) in [6, 6.07) is 9.42. The number of hydrogen-bond acceptors (Lipinski definition) is 2. The van der Waals surface area contributed by atoms with Gasteiger partial charge in [0.25, 0.3) is 0 Å². The lowest BCUT2D eigenvalue weighted by atomic mass is 9.79. The van der Waals surface area contributed by atoms with Gasteiger partial charge in [-0.2, -0.15) is 0 Å². The molecule has 1 atom stereocenters. The van der Waals surface area contributed by atoms with Crippen LogP contribution in [0.3, 0.4) is 0 Å². The first-order valence-electron chi connectivity index (χ1n) is 7.45. The molecule has 106 valence electrons. The van der Waals surface area contributed by atoms with Crippen LogP contribution in [-0.4, -0.2) is 24.0 Å². The molecule has 1 aliphatic rings. The van der Waals surface area contributed by atoms with E-state index < -0.39 is 0 Å². The number of likely N-dealkylation sites (tertiary alicyclic amines) is 1. The van der Waals surface area contributed by atoms with Gasteiger partial charge in [0.15, 0.2) is 0 Å². The van der Waals surface area contributed by atoms with Crippen molar-refractivity contribution in [3.63, 3.8) is 0 Å². The molecule has 1 heterocycles. The predicted octanol–water partition coefficient (Wildman–Crippen LogP) is 3.37. The van der Waals surface area contributed by atoms with E-state index in [4.69, 9.17) is 5.73 Å². The molecule has 19 heavy (non-hydrogen) atoms. The molecule has 0 aliphatic carbocycles. The quantitative estimate of drug-likeness (QED) is 0.903. The molecular formula is C17H28N2. The van der Waals surface area contributed by atoms with Crippen molar-refractivity contribution < 1.29 is 0 Å². The van der Waals surface area contributed by atoms with Gasteiger partial charge in [-0.25, -0.2) is 0 Å². The smallest absolute Gasteiger partial charge is 0.0233 e. The lowest BCUT2D eigenvalue weighted by molar-refractivity contribution is 0.0899. The van der Waals surface area contributed by atoms with Crippen LogP contribution in [0.2, 0.25) is 0 Å². The highest BCUT2D eigenvalue weighted by Gasteiger charge is 2.33. The molecule has 1 fully saturated rings. The van der Waals surface area contributed by atoms with E-state index in [-0.39, 0.29) is 5.41 Å². The van der Waals surface area contributed by atoms with Crippen molar-refractivity contribution in [1.29, 1.82) is 0 Å². The molecule has 0 radical (unpaired) electrons. The third-order valence-corrected chi connectivity index (χ3v) is 4.44. The van der Waals surface area contributed by atoms with Crippen LogP contribution in [0.15, 0.2) is 24.3 Å². The van der Waals surface area contributed by atoms with E-state index in [0.717, 1.165) is 26.1 Å². The maximum absolute atomic E-state index is 6.19. The Morgan fingerprint density at radius 2 is 1.89 bits per heavy atom. The molecule has 1 unspecified atom stereocenters. The van der Waals surface area contributed by atoms with Gasteiger partial charge in [-0.15, -0.1) is 0 Å². The van der Waals surface area contributed by atoms with Gasteiger partial charge in [-0.3, -0.25) is 4.90 Å². The second kappa shape index (κ2) is 5.64. The second-order valence-electron chi connectivity index (χ2n) is 6.99. The molecule has 0 spiro atoms. The average Bonchev–Trinajstić information content (AvgIpc) is 2.34. The zero-order valence-electron chi connectivity index (χ0n) is 12.8. The van der Waals surface area contributed by atoms with Gasteiger partial charge in [0, 0.05) is 25.7 Å². The summed E-state index contributed by atoms with van der Waals surface area (Å²) in [5.74, 6) is 0.612. The van der Waals surface area contributed by atoms with Crippen LogP contribution in [0.1, 0.15) is 51.2 Å². The van der Waals surface area contributed by atoms with Crippen LogP contribution in [0, 0.1) is 5.41 Å². The molecule has 2 nitrogen and oxygen atoms in total. The highest BCUT2D eigenvalue weighted by molar-refractivity contribution is 5.24. The summed E-state index contributed by atoms with van der Waals surface area (Å²) < 4.78 is 0. The van der Waals surface area contributed by atoms with Crippen molar-refractivity contribution in [3.05, 3.63) is 35.4 Å². The molecule has 1 saturated heterocycles. The third-order valence-electron chi connectivity index (χ3n) is 4.44. The zero-order valence-corrected chi connectivity index (χ0v) is 12.8. The summed E-state index contributed by atoms with van der Waals surface area (Å²) in [5.41, 5.74) is 9.26. The minimum atomic E-state index is 0.232. The summed E-state index contributed by atoms with van der Waals surface area (Å²) in [6.45, 7) is 12.3. The lowest BCUT2D eigenvalue weighted by Crippen LogP contribution is -2.52. The molecule has 2 rings (SSSR count). The molecule has 0 amide bonds. The normalized spacial score (nSPS) is 23.8. The van der Waals surface area contributed by atoms with Crippen LogP contribution < -0.4 is 5.73 Å².